The first-order valence-corrected chi connectivity index (χ1v) is 10.1. The van der Waals surface area contributed by atoms with Crippen molar-refractivity contribution in [2.45, 2.75) is 25.8 Å². The van der Waals surface area contributed by atoms with E-state index in [2.05, 4.69) is 25.9 Å². The van der Waals surface area contributed by atoms with Gasteiger partial charge in [-0.2, -0.15) is 0 Å². The highest BCUT2D eigenvalue weighted by molar-refractivity contribution is 6.07. The summed E-state index contributed by atoms with van der Waals surface area (Å²) in [7, 11) is 1.52. The summed E-state index contributed by atoms with van der Waals surface area (Å²) in [4.78, 5) is 47.2. The third-order valence-corrected chi connectivity index (χ3v) is 4.92. The van der Waals surface area contributed by atoms with Crippen molar-refractivity contribution in [2.75, 3.05) is 32.1 Å². The van der Waals surface area contributed by atoms with Crippen LogP contribution in [0.15, 0.2) is 36.7 Å². The number of ether oxygens (including phenoxy) is 1. The summed E-state index contributed by atoms with van der Waals surface area (Å²) in [6, 6.07) is 6.47. The molecule has 4 amide bonds. The van der Waals surface area contributed by atoms with Crippen LogP contribution in [-0.2, 0) is 0 Å². The van der Waals surface area contributed by atoms with Gasteiger partial charge in [0.05, 0.1) is 7.11 Å². The molecule has 0 spiro atoms. The van der Waals surface area contributed by atoms with Gasteiger partial charge in [0.15, 0.2) is 11.5 Å². The summed E-state index contributed by atoms with van der Waals surface area (Å²) >= 11 is 0. The number of hydrogen-bond donors (Lipinski definition) is 3. The second-order valence-corrected chi connectivity index (χ2v) is 7.01. The van der Waals surface area contributed by atoms with Crippen LogP contribution in [0.5, 0.6) is 5.75 Å². The number of hydrogen-bond acceptors (Lipinski definition) is 6. The lowest BCUT2D eigenvalue weighted by atomic mass is 10.1. The SMILES string of the molecule is CCNC(=O)N1CCC(NC(=O)c2nccnc2NC(=O)c2cccc(OC)c2)CC1. The minimum absolute atomic E-state index is 0.0323. The van der Waals surface area contributed by atoms with Crippen LogP contribution in [0.2, 0.25) is 0 Å². The fourth-order valence-corrected chi connectivity index (χ4v) is 3.28. The molecule has 10 nitrogen and oxygen atoms in total. The summed E-state index contributed by atoms with van der Waals surface area (Å²) < 4.78 is 5.14. The molecule has 1 fully saturated rings. The van der Waals surface area contributed by atoms with E-state index in [-0.39, 0.29) is 23.6 Å². The summed E-state index contributed by atoms with van der Waals surface area (Å²) in [6.45, 7) is 3.55. The first-order valence-electron chi connectivity index (χ1n) is 10.1. The summed E-state index contributed by atoms with van der Waals surface area (Å²) in [5.74, 6) is -0.231. The zero-order valence-corrected chi connectivity index (χ0v) is 17.6. The Labute approximate surface area is 180 Å². The zero-order valence-electron chi connectivity index (χ0n) is 17.6. The van der Waals surface area contributed by atoms with Gasteiger partial charge < -0.3 is 25.6 Å². The van der Waals surface area contributed by atoms with Crippen LogP contribution in [0, 0.1) is 0 Å². The van der Waals surface area contributed by atoms with E-state index < -0.39 is 11.8 Å². The second-order valence-electron chi connectivity index (χ2n) is 7.01. The number of benzene rings is 1. The van der Waals surface area contributed by atoms with Crippen LogP contribution >= 0.6 is 0 Å². The third-order valence-electron chi connectivity index (χ3n) is 4.92. The van der Waals surface area contributed by atoms with E-state index in [1.54, 1.807) is 29.2 Å². The number of methoxy groups -OCH3 is 1. The fourth-order valence-electron chi connectivity index (χ4n) is 3.28. The fraction of sp³-hybridized carbons (Fsp3) is 0.381. The van der Waals surface area contributed by atoms with Crippen molar-refractivity contribution in [1.29, 1.82) is 0 Å². The van der Waals surface area contributed by atoms with E-state index in [4.69, 9.17) is 4.74 Å². The first kappa shape index (κ1) is 22.0. The monoisotopic (exact) mass is 426 g/mol. The standard InChI is InChI=1S/C21H26N6O4/c1-3-22-21(30)27-11-7-15(8-12-27)25-20(29)17-18(24-10-9-23-17)26-19(28)14-5-4-6-16(13-14)31-2/h4-6,9-10,13,15H,3,7-8,11-12H2,1-2H3,(H,22,30)(H,25,29)(H,24,26,28). The highest BCUT2D eigenvalue weighted by Gasteiger charge is 2.25. The van der Waals surface area contributed by atoms with Crippen molar-refractivity contribution in [1.82, 2.24) is 25.5 Å². The average molecular weight is 426 g/mol. The molecule has 3 rings (SSSR count). The molecule has 2 heterocycles. The largest absolute Gasteiger partial charge is 0.497 e. The Bertz CT molecular complexity index is 943. The number of nitrogens with zero attached hydrogens (tertiary/aromatic N) is 3. The lowest BCUT2D eigenvalue weighted by molar-refractivity contribution is 0.0913. The molecule has 10 heteroatoms. The van der Waals surface area contributed by atoms with Gasteiger partial charge in [0.1, 0.15) is 5.75 Å². The molecule has 164 valence electrons. The normalized spacial score (nSPS) is 13.9. The maximum atomic E-state index is 12.8. The minimum Gasteiger partial charge on any atom is -0.497 e. The van der Waals surface area contributed by atoms with Crippen molar-refractivity contribution < 1.29 is 19.1 Å². The number of likely N-dealkylation sites (tertiary alicyclic amines) is 1. The van der Waals surface area contributed by atoms with Gasteiger partial charge >= 0.3 is 6.03 Å². The van der Waals surface area contributed by atoms with Crippen molar-refractivity contribution >= 4 is 23.7 Å². The molecule has 1 saturated heterocycles. The Kier molecular flexibility index (Phi) is 7.36. The Balaban J connectivity index is 1.63. The molecule has 3 N–H and O–H groups in total. The molecule has 31 heavy (non-hydrogen) atoms. The molecular weight excluding hydrogens is 400 g/mol. The lowest BCUT2D eigenvalue weighted by Crippen LogP contribution is -2.49. The van der Waals surface area contributed by atoms with Gasteiger partial charge in [0.2, 0.25) is 0 Å². The molecule has 2 aromatic rings. The van der Waals surface area contributed by atoms with Crippen LogP contribution in [0.25, 0.3) is 0 Å². The van der Waals surface area contributed by atoms with E-state index >= 15 is 0 Å². The number of carbonyl (C=O) groups is 3. The highest BCUT2D eigenvalue weighted by atomic mass is 16.5. The number of anilines is 1. The summed E-state index contributed by atoms with van der Waals surface area (Å²) in [5.41, 5.74) is 0.402. The Morgan fingerprint density at radius 1 is 1.13 bits per heavy atom. The number of amides is 4. The van der Waals surface area contributed by atoms with Crippen LogP contribution in [0.3, 0.4) is 0 Å². The number of urea groups is 1. The number of carbonyl (C=O) groups excluding carboxylic acids is 3. The zero-order chi connectivity index (χ0) is 22.2. The van der Waals surface area contributed by atoms with Gasteiger partial charge in [-0.05, 0) is 38.0 Å². The van der Waals surface area contributed by atoms with Crippen molar-refractivity contribution in [3.8, 4) is 5.75 Å². The smallest absolute Gasteiger partial charge is 0.317 e. The van der Waals surface area contributed by atoms with Gasteiger partial charge in [0, 0.05) is 43.6 Å². The molecule has 1 aliphatic heterocycles. The number of nitrogens with one attached hydrogen (secondary N) is 3. The predicted molar refractivity (Wildman–Crippen MR) is 114 cm³/mol. The third kappa shape index (κ3) is 5.68. The van der Waals surface area contributed by atoms with Gasteiger partial charge in [-0.3, -0.25) is 9.59 Å². The Morgan fingerprint density at radius 3 is 2.58 bits per heavy atom. The molecule has 0 unspecified atom stereocenters. The van der Waals surface area contributed by atoms with E-state index in [1.165, 1.54) is 19.5 Å². The molecule has 0 saturated carbocycles. The van der Waals surface area contributed by atoms with Crippen LogP contribution in [0.1, 0.15) is 40.6 Å². The minimum atomic E-state index is -0.427. The predicted octanol–water partition coefficient (Wildman–Crippen LogP) is 1.66. The highest BCUT2D eigenvalue weighted by Crippen LogP contribution is 2.16. The van der Waals surface area contributed by atoms with Gasteiger partial charge in [-0.15, -0.1) is 0 Å². The summed E-state index contributed by atoms with van der Waals surface area (Å²) in [6.07, 6.45) is 4.07. The van der Waals surface area contributed by atoms with Crippen molar-refractivity contribution in [3.63, 3.8) is 0 Å². The Morgan fingerprint density at radius 2 is 1.87 bits per heavy atom. The lowest BCUT2D eigenvalue weighted by Gasteiger charge is -2.32. The number of piperidine rings is 1. The number of aromatic nitrogens is 2. The molecule has 1 aromatic heterocycles. The first-order chi connectivity index (χ1) is 15.0. The molecule has 0 aliphatic carbocycles. The molecule has 0 atom stereocenters. The van der Waals surface area contributed by atoms with E-state index in [1.807, 2.05) is 6.92 Å². The maximum Gasteiger partial charge on any atom is 0.317 e. The van der Waals surface area contributed by atoms with E-state index in [0.29, 0.717) is 43.8 Å². The van der Waals surface area contributed by atoms with Gasteiger partial charge in [0.25, 0.3) is 11.8 Å². The van der Waals surface area contributed by atoms with Gasteiger partial charge in [-0.25, -0.2) is 14.8 Å². The Hall–Kier alpha value is -3.69. The maximum absolute atomic E-state index is 12.8. The molecule has 1 aliphatic rings. The van der Waals surface area contributed by atoms with Crippen molar-refractivity contribution in [2.24, 2.45) is 0 Å². The quantitative estimate of drug-likeness (QED) is 0.645. The summed E-state index contributed by atoms with van der Waals surface area (Å²) in [5, 5.41) is 8.35. The molecular formula is C21H26N6O4. The van der Waals surface area contributed by atoms with E-state index in [9.17, 15) is 14.4 Å². The average Bonchev–Trinajstić information content (AvgIpc) is 2.80. The molecule has 1 aromatic carbocycles. The van der Waals surface area contributed by atoms with Crippen LogP contribution < -0.4 is 20.7 Å². The van der Waals surface area contributed by atoms with Crippen molar-refractivity contribution in [3.05, 3.63) is 47.9 Å². The topological polar surface area (TPSA) is 126 Å². The second kappa shape index (κ2) is 10.4. The van der Waals surface area contributed by atoms with Crippen LogP contribution in [0.4, 0.5) is 10.6 Å². The van der Waals surface area contributed by atoms with Crippen LogP contribution in [-0.4, -0.2) is 65.5 Å². The number of rotatable bonds is 6. The molecule has 0 radical (unpaired) electrons. The molecule has 0 bridgehead atoms. The van der Waals surface area contributed by atoms with E-state index in [0.717, 1.165) is 0 Å². The van der Waals surface area contributed by atoms with Gasteiger partial charge in [-0.1, -0.05) is 6.07 Å².